The van der Waals surface area contributed by atoms with Gasteiger partial charge in [0.25, 0.3) is 0 Å². The number of carbonyl (C=O) groups is 2. The molecule has 1 aliphatic heterocycles. The van der Waals surface area contributed by atoms with Gasteiger partial charge in [0.15, 0.2) is 0 Å². The summed E-state index contributed by atoms with van der Waals surface area (Å²) in [6, 6.07) is 6.29. The molecule has 1 aliphatic rings. The number of nitrogens with one attached hydrogen (secondary N) is 1. The third-order valence-electron chi connectivity index (χ3n) is 2.30. The number of nitro benzene ring substituents is 1. The summed E-state index contributed by atoms with van der Waals surface area (Å²) in [5, 5.41) is 13.0. The van der Waals surface area contributed by atoms with E-state index in [0.717, 1.165) is 0 Å². The molecule has 2 amide bonds. The molecular formula is C12H8N2O4Se. The van der Waals surface area contributed by atoms with Gasteiger partial charge in [-0.05, 0) is 0 Å². The van der Waals surface area contributed by atoms with Crippen LogP contribution in [0.5, 0.6) is 0 Å². The van der Waals surface area contributed by atoms with Crippen LogP contribution in [-0.2, 0) is 4.79 Å². The van der Waals surface area contributed by atoms with Gasteiger partial charge in [0.1, 0.15) is 0 Å². The van der Waals surface area contributed by atoms with E-state index in [4.69, 9.17) is 0 Å². The molecule has 2 rings (SSSR count). The van der Waals surface area contributed by atoms with Crippen LogP contribution in [0, 0.1) is 10.1 Å². The molecule has 0 unspecified atom stereocenters. The molecule has 7 heteroatoms. The van der Waals surface area contributed by atoms with E-state index in [9.17, 15) is 19.7 Å². The number of allylic oxidation sites excluding steroid dienone is 2. The number of carbonyl (C=O) groups excluding carboxylic acids is 2. The molecule has 0 aliphatic carbocycles. The second kappa shape index (κ2) is 5.60. The second-order valence-corrected chi connectivity index (χ2v) is 5.68. The fourth-order valence-corrected chi connectivity index (χ4v) is 2.80. The molecule has 0 radical (unpaired) electrons. The minimum atomic E-state index is -0.524. The summed E-state index contributed by atoms with van der Waals surface area (Å²) in [7, 11) is 0. The van der Waals surface area contributed by atoms with Crippen molar-refractivity contribution in [1.29, 1.82) is 0 Å². The molecule has 0 aromatic heterocycles. The molecule has 1 fully saturated rings. The van der Waals surface area contributed by atoms with E-state index in [-0.39, 0.29) is 10.5 Å². The molecule has 1 aromatic rings. The van der Waals surface area contributed by atoms with E-state index in [1.807, 2.05) is 0 Å². The average molecular weight is 323 g/mol. The molecule has 1 saturated heterocycles. The third kappa shape index (κ3) is 3.15. The fraction of sp³-hybridized carbons (Fsp3) is 0. The molecule has 0 bridgehead atoms. The Morgan fingerprint density at radius 3 is 2.63 bits per heavy atom. The van der Waals surface area contributed by atoms with E-state index >= 15 is 0 Å². The molecule has 6 nitrogen and oxygen atoms in total. The standard InChI is InChI=1S/C12H8N2O4Se/c15-11-10(19-12(16)13-11)7-3-5-8-4-1-2-6-9(8)14(17)18/h1-7H,(H,13,15,16)/b5-3+,10-7-. The van der Waals surface area contributed by atoms with Crippen LogP contribution in [0.1, 0.15) is 5.56 Å². The van der Waals surface area contributed by atoms with Gasteiger partial charge in [0, 0.05) is 0 Å². The number of amides is 2. The maximum atomic E-state index is 11.3. The second-order valence-electron chi connectivity index (χ2n) is 3.55. The van der Waals surface area contributed by atoms with Crippen LogP contribution in [0.3, 0.4) is 0 Å². The van der Waals surface area contributed by atoms with E-state index in [1.54, 1.807) is 18.2 Å². The zero-order chi connectivity index (χ0) is 13.8. The molecule has 96 valence electrons. The first-order chi connectivity index (χ1) is 9.08. The van der Waals surface area contributed by atoms with Gasteiger partial charge in [-0.1, -0.05) is 0 Å². The first-order valence-corrected chi connectivity index (χ1v) is 6.94. The van der Waals surface area contributed by atoms with E-state index in [0.29, 0.717) is 10.0 Å². The molecule has 1 N–H and O–H groups in total. The summed E-state index contributed by atoms with van der Waals surface area (Å²) in [6.07, 6.45) is 4.59. The normalized spacial score (nSPS) is 17.2. The number of benzene rings is 1. The molecule has 0 atom stereocenters. The number of imide groups is 1. The summed E-state index contributed by atoms with van der Waals surface area (Å²) in [5.41, 5.74) is 0.441. The minimum absolute atomic E-state index is 0.00499. The van der Waals surface area contributed by atoms with Gasteiger partial charge in [-0.15, -0.1) is 0 Å². The quantitative estimate of drug-likeness (QED) is 0.394. The van der Waals surface area contributed by atoms with Crippen molar-refractivity contribution in [2.45, 2.75) is 0 Å². The van der Waals surface area contributed by atoms with Gasteiger partial charge in [-0.3, -0.25) is 0 Å². The summed E-state index contributed by atoms with van der Waals surface area (Å²) < 4.78 is 0.410. The summed E-state index contributed by atoms with van der Waals surface area (Å²) in [4.78, 5) is 32.3. The predicted molar refractivity (Wildman–Crippen MR) is 69.5 cm³/mol. The van der Waals surface area contributed by atoms with E-state index in [1.165, 1.54) is 24.3 Å². The van der Waals surface area contributed by atoms with Crippen LogP contribution in [0.2, 0.25) is 0 Å². The zero-order valence-corrected chi connectivity index (χ0v) is 11.2. The van der Waals surface area contributed by atoms with Gasteiger partial charge in [0.05, 0.1) is 0 Å². The molecule has 1 aromatic carbocycles. The van der Waals surface area contributed by atoms with Gasteiger partial charge in [-0.2, -0.15) is 0 Å². The molecule has 1 heterocycles. The van der Waals surface area contributed by atoms with Gasteiger partial charge in [0.2, 0.25) is 0 Å². The van der Waals surface area contributed by atoms with Crippen LogP contribution in [0.15, 0.2) is 40.9 Å². The van der Waals surface area contributed by atoms with Crippen molar-refractivity contribution >= 4 is 37.4 Å². The van der Waals surface area contributed by atoms with Crippen LogP contribution in [0.25, 0.3) is 6.08 Å². The fourth-order valence-electron chi connectivity index (χ4n) is 1.47. The Bertz CT molecular complexity index is 622. The number of nitro groups is 1. The van der Waals surface area contributed by atoms with Crippen molar-refractivity contribution in [3.63, 3.8) is 0 Å². The van der Waals surface area contributed by atoms with E-state index < -0.39 is 25.8 Å². The molecule has 0 saturated carbocycles. The van der Waals surface area contributed by atoms with E-state index in [2.05, 4.69) is 5.32 Å². The Balaban J connectivity index is 2.20. The maximum absolute atomic E-state index is 11.3. The number of nitrogens with zero attached hydrogens (tertiary/aromatic N) is 1. The average Bonchev–Trinajstić information content (AvgIpc) is 2.68. The Morgan fingerprint density at radius 1 is 1.26 bits per heavy atom. The van der Waals surface area contributed by atoms with Crippen molar-refractivity contribution in [1.82, 2.24) is 5.32 Å². The number of rotatable bonds is 3. The number of para-hydroxylation sites is 1. The van der Waals surface area contributed by atoms with Crippen molar-refractivity contribution in [2.24, 2.45) is 0 Å². The summed E-state index contributed by atoms with van der Waals surface area (Å²) in [6.45, 7) is 0. The van der Waals surface area contributed by atoms with Crippen LogP contribution in [0.4, 0.5) is 10.5 Å². The van der Waals surface area contributed by atoms with Crippen molar-refractivity contribution in [3.05, 3.63) is 56.6 Å². The first kappa shape index (κ1) is 13.2. The summed E-state index contributed by atoms with van der Waals surface area (Å²) in [5.74, 6) is -0.391. The Hall–Kier alpha value is -2.24. The van der Waals surface area contributed by atoms with Gasteiger partial charge < -0.3 is 0 Å². The zero-order valence-electron chi connectivity index (χ0n) is 9.53. The van der Waals surface area contributed by atoms with Crippen molar-refractivity contribution in [2.75, 3.05) is 0 Å². The van der Waals surface area contributed by atoms with Gasteiger partial charge >= 0.3 is 114 Å². The van der Waals surface area contributed by atoms with Crippen molar-refractivity contribution in [3.8, 4) is 0 Å². The van der Waals surface area contributed by atoms with Crippen molar-refractivity contribution < 1.29 is 14.5 Å². The van der Waals surface area contributed by atoms with Crippen LogP contribution < -0.4 is 5.32 Å². The molecule has 19 heavy (non-hydrogen) atoms. The van der Waals surface area contributed by atoms with Crippen LogP contribution in [-0.4, -0.2) is 30.6 Å². The predicted octanol–water partition coefficient (Wildman–Crippen LogP) is 1.45. The third-order valence-corrected chi connectivity index (χ3v) is 4.04. The Kier molecular flexibility index (Phi) is 3.89. The monoisotopic (exact) mass is 324 g/mol. The van der Waals surface area contributed by atoms with Gasteiger partial charge in [-0.25, -0.2) is 0 Å². The first-order valence-electron chi connectivity index (χ1n) is 5.23. The Labute approximate surface area is 114 Å². The van der Waals surface area contributed by atoms with Crippen LogP contribution >= 0.6 is 0 Å². The molecular weight excluding hydrogens is 315 g/mol. The Morgan fingerprint density at radius 2 is 2.00 bits per heavy atom. The molecule has 0 spiro atoms. The number of hydrogen-bond acceptors (Lipinski definition) is 4. The summed E-state index contributed by atoms with van der Waals surface area (Å²) >= 11 is -0.524. The number of hydrogen-bond donors (Lipinski definition) is 1. The SMILES string of the molecule is O=C1NC(=O)/C(=C/C=C/c2ccccc2[N+](=O)[O-])[Se]1. The topological polar surface area (TPSA) is 89.3 Å².